The van der Waals surface area contributed by atoms with Gasteiger partial charge >= 0.3 is 0 Å². The first-order valence-electron chi connectivity index (χ1n) is 4.78. The predicted octanol–water partition coefficient (Wildman–Crippen LogP) is 4.68. The van der Waals surface area contributed by atoms with Gasteiger partial charge in [-0.25, -0.2) is 0 Å². The molecule has 0 unspecified atom stereocenters. The fraction of sp³-hybridized carbons (Fsp3) is 0. The minimum atomic E-state index is -0.410. The van der Waals surface area contributed by atoms with Gasteiger partial charge in [-0.3, -0.25) is 10.1 Å². The molecule has 0 amide bonds. The van der Waals surface area contributed by atoms with Crippen LogP contribution in [0.4, 0.5) is 5.69 Å². The molecule has 0 atom stereocenters. The van der Waals surface area contributed by atoms with Crippen LogP contribution in [0.15, 0.2) is 46.9 Å². The maximum atomic E-state index is 10.9. The first kappa shape index (κ1) is 12.1. The van der Waals surface area contributed by atoms with Crippen molar-refractivity contribution in [3.8, 4) is 11.1 Å². The number of nitrogens with zero attached hydrogens (tertiary/aromatic N) is 1. The van der Waals surface area contributed by atoms with E-state index in [0.29, 0.717) is 10.6 Å². The highest BCUT2D eigenvalue weighted by molar-refractivity contribution is 9.10. The number of hydrogen-bond acceptors (Lipinski definition) is 2. The molecule has 0 radical (unpaired) electrons. The van der Waals surface area contributed by atoms with E-state index in [9.17, 15) is 10.1 Å². The summed E-state index contributed by atoms with van der Waals surface area (Å²) in [5, 5.41) is 11.4. The van der Waals surface area contributed by atoms with Crippen molar-refractivity contribution in [1.29, 1.82) is 0 Å². The van der Waals surface area contributed by atoms with Gasteiger partial charge in [-0.2, -0.15) is 0 Å². The number of benzene rings is 2. The highest BCUT2D eigenvalue weighted by Crippen LogP contribution is 2.33. The summed E-state index contributed by atoms with van der Waals surface area (Å²) in [6.45, 7) is 0. The molecule has 0 bridgehead atoms. The summed E-state index contributed by atoms with van der Waals surface area (Å²) in [4.78, 5) is 10.5. The summed E-state index contributed by atoms with van der Waals surface area (Å²) in [6, 6.07) is 11.8. The Hall–Kier alpha value is -1.39. The lowest BCUT2D eigenvalue weighted by Crippen LogP contribution is -1.91. The Morgan fingerprint density at radius 2 is 1.94 bits per heavy atom. The van der Waals surface area contributed by atoms with Crippen LogP contribution in [-0.4, -0.2) is 4.92 Å². The van der Waals surface area contributed by atoms with Gasteiger partial charge in [0.1, 0.15) is 0 Å². The highest BCUT2D eigenvalue weighted by atomic mass is 79.9. The molecule has 86 valence electrons. The molecule has 0 fully saturated rings. The monoisotopic (exact) mass is 311 g/mol. The molecule has 0 heterocycles. The molecule has 0 aliphatic rings. The standard InChI is InChI=1S/C12H7BrClNO2/c13-9-3-1-2-8(6-9)11-7-10(14)4-5-12(11)15(16)17/h1-7H. The van der Waals surface area contributed by atoms with E-state index in [1.807, 2.05) is 24.3 Å². The van der Waals surface area contributed by atoms with Crippen LogP contribution in [0.3, 0.4) is 0 Å². The van der Waals surface area contributed by atoms with Gasteiger partial charge < -0.3 is 0 Å². The summed E-state index contributed by atoms with van der Waals surface area (Å²) in [7, 11) is 0. The van der Waals surface area contributed by atoms with Gasteiger partial charge in [0.2, 0.25) is 0 Å². The van der Waals surface area contributed by atoms with Crippen LogP contribution >= 0.6 is 27.5 Å². The third kappa shape index (κ3) is 2.65. The van der Waals surface area contributed by atoms with Crippen molar-refractivity contribution in [3.63, 3.8) is 0 Å². The van der Waals surface area contributed by atoms with Gasteiger partial charge in [-0.05, 0) is 29.8 Å². The van der Waals surface area contributed by atoms with E-state index in [0.717, 1.165) is 10.0 Å². The van der Waals surface area contributed by atoms with Crippen LogP contribution in [0.1, 0.15) is 0 Å². The summed E-state index contributed by atoms with van der Waals surface area (Å²) in [5.74, 6) is 0. The molecule has 5 heteroatoms. The van der Waals surface area contributed by atoms with Gasteiger partial charge in [0, 0.05) is 15.6 Å². The molecule has 0 spiro atoms. The van der Waals surface area contributed by atoms with Gasteiger partial charge in [-0.15, -0.1) is 0 Å². The van der Waals surface area contributed by atoms with Crippen LogP contribution in [-0.2, 0) is 0 Å². The molecule has 2 rings (SSSR count). The van der Waals surface area contributed by atoms with Crippen molar-refractivity contribution in [2.24, 2.45) is 0 Å². The Bertz CT molecular complexity index is 586. The third-order valence-corrected chi connectivity index (χ3v) is 3.02. The van der Waals surface area contributed by atoms with E-state index < -0.39 is 4.92 Å². The summed E-state index contributed by atoms with van der Waals surface area (Å²) < 4.78 is 0.865. The molecule has 17 heavy (non-hydrogen) atoms. The summed E-state index contributed by atoms with van der Waals surface area (Å²) in [5.41, 5.74) is 1.32. The fourth-order valence-electron chi connectivity index (χ4n) is 1.55. The van der Waals surface area contributed by atoms with Crippen molar-refractivity contribution in [2.75, 3.05) is 0 Å². The molecular weight excluding hydrogens is 305 g/mol. The molecule has 0 saturated heterocycles. The van der Waals surface area contributed by atoms with Crippen molar-refractivity contribution in [3.05, 3.63) is 62.1 Å². The Kier molecular flexibility index (Phi) is 3.45. The first-order valence-corrected chi connectivity index (χ1v) is 5.95. The largest absolute Gasteiger partial charge is 0.277 e. The van der Waals surface area contributed by atoms with Gasteiger partial charge in [0.05, 0.1) is 10.5 Å². The van der Waals surface area contributed by atoms with E-state index in [-0.39, 0.29) is 5.69 Å². The smallest absolute Gasteiger partial charge is 0.258 e. The molecular formula is C12H7BrClNO2. The highest BCUT2D eigenvalue weighted by Gasteiger charge is 2.15. The molecule has 2 aromatic carbocycles. The summed E-state index contributed by atoms with van der Waals surface area (Å²) in [6.07, 6.45) is 0. The normalized spacial score (nSPS) is 10.2. The lowest BCUT2D eigenvalue weighted by Gasteiger charge is -2.04. The number of nitro groups is 1. The fourth-order valence-corrected chi connectivity index (χ4v) is 2.13. The van der Waals surface area contributed by atoms with Gasteiger partial charge in [0.15, 0.2) is 0 Å². The van der Waals surface area contributed by atoms with E-state index >= 15 is 0 Å². The van der Waals surface area contributed by atoms with Crippen LogP contribution < -0.4 is 0 Å². The minimum Gasteiger partial charge on any atom is -0.258 e. The maximum absolute atomic E-state index is 10.9. The molecule has 0 aliphatic heterocycles. The molecule has 3 nitrogen and oxygen atoms in total. The van der Waals surface area contributed by atoms with E-state index in [1.54, 1.807) is 6.07 Å². The predicted molar refractivity (Wildman–Crippen MR) is 71.2 cm³/mol. The lowest BCUT2D eigenvalue weighted by atomic mass is 10.0. The minimum absolute atomic E-state index is 0.0486. The summed E-state index contributed by atoms with van der Waals surface area (Å²) >= 11 is 9.21. The second-order valence-electron chi connectivity index (χ2n) is 3.43. The van der Waals surface area contributed by atoms with Crippen LogP contribution in [0.2, 0.25) is 5.02 Å². The number of hydrogen-bond donors (Lipinski definition) is 0. The van der Waals surface area contributed by atoms with Crippen molar-refractivity contribution < 1.29 is 4.92 Å². The molecule has 0 N–H and O–H groups in total. The van der Waals surface area contributed by atoms with Crippen LogP contribution in [0, 0.1) is 10.1 Å². The Balaban J connectivity index is 2.65. The second-order valence-corrected chi connectivity index (χ2v) is 4.78. The van der Waals surface area contributed by atoms with Gasteiger partial charge in [-0.1, -0.05) is 39.7 Å². The van der Waals surface area contributed by atoms with E-state index in [2.05, 4.69) is 15.9 Å². The van der Waals surface area contributed by atoms with E-state index in [1.165, 1.54) is 12.1 Å². The first-order chi connectivity index (χ1) is 8.08. The SMILES string of the molecule is O=[N+]([O-])c1ccc(Cl)cc1-c1cccc(Br)c1. The number of rotatable bonds is 2. The maximum Gasteiger partial charge on any atom is 0.277 e. The average Bonchev–Trinajstić information content (AvgIpc) is 2.28. The molecule has 2 aromatic rings. The zero-order valence-corrected chi connectivity index (χ0v) is 10.9. The third-order valence-electron chi connectivity index (χ3n) is 2.29. The van der Waals surface area contributed by atoms with Crippen molar-refractivity contribution in [2.45, 2.75) is 0 Å². The molecule has 0 saturated carbocycles. The lowest BCUT2D eigenvalue weighted by molar-refractivity contribution is -0.384. The van der Waals surface area contributed by atoms with Crippen LogP contribution in [0.5, 0.6) is 0 Å². The Morgan fingerprint density at radius 1 is 1.18 bits per heavy atom. The van der Waals surface area contributed by atoms with E-state index in [4.69, 9.17) is 11.6 Å². The van der Waals surface area contributed by atoms with Gasteiger partial charge in [0.25, 0.3) is 5.69 Å². The Labute approximate surface area is 111 Å². The zero-order valence-electron chi connectivity index (χ0n) is 8.56. The topological polar surface area (TPSA) is 43.1 Å². The number of halogens is 2. The number of nitro benzene ring substituents is 1. The quantitative estimate of drug-likeness (QED) is 0.597. The zero-order chi connectivity index (χ0) is 12.4. The Morgan fingerprint density at radius 3 is 2.59 bits per heavy atom. The van der Waals surface area contributed by atoms with Crippen molar-refractivity contribution >= 4 is 33.2 Å². The van der Waals surface area contributed by atoms with Crippen LogP contribution in [0.25, 0.3) is 11.1 Å². The average molecular weight is 313 g/mol. The molecule has 0 aromatic heterocycles. The second kappa shape index (κ2) is 4.85. The molecule has 0 aliphatic carbocycles. The van der Waals surface area contributed by atoms with Crippen molar-refractivity contribution in [1.82, 2.24) is 0 Å².